The number of benzene rings is 1. The number of halogens is 1. The van der Waals surface area contributed by atoms with E-state index in [9.17, 15) is 9.59 Å². The molecule has 31 heavy (non-hydrogen) atoms. The van der Waals surface area contributed by atoms with E-state index in [1.54, 1.807) is 34.1 Å². The number of morpholine rings is 1. The Morgan fingerprint density at radius 2 is 1.90 bits per heavy atom. The van der Waals surface area contributed by atoms with Gasteiger partial charge < -0.3 is 23.8 Å². The summed E-state index contributed by atoms with van der Waals surface area (Å²) in [5.74, 6) is 0.551. The van der Waals surface area contributed by atoms with Crippen molar-refractivity contribution in [3.05, 3.63) is 47.5 Å². The summed E-state index contributed by atoms with van der Waals surface area (Å²) in [6.45, 7) is 3.33. The molecule has 2 saturated heterocycles. The maximum absolute atomic E-state index is 12.9. The number of rotatable bonds is 5. The molecule has 3 heterocycles. The predicted octanol–water partition coefficient (Wildman–Crippen LogP) is 2.23. The number of ether oxygens (including phenoxy) is 2. The van der Waals surface area contributed by atoms with Crippen molar-refractivity contribution in [3.8, 4) is 5.75 Å². The van der Waals surface area contributed by atoms with Crippen molar-refractivity contribution in [1.29, 1.82) is 0 Å². The number of amides is 2. The first-order valence-corrected chi connectivity index (χ1v) is 10.9. The van der Waals surface area contributed by atoms with Crippen LogP contribution in [0.15, 0.2) is 36.8 Å². The first-order valence-electron chi connectivity index (χ1n) is 10.5. The fraction of sp³-hybridized carbons (Fsp3) is 0.500. The van der Waals surface area contributed by atoms with Crippen molar-refractivity contribution in [3.63, 3.8) is 0 Å². The van der Waals surface area contributed by atoms with Crippen LogP contribution in [0, 0.1) is 5.92 Å². The number of likely N-dealkylation sites (tertiary alicyclic amines) is 1. The molecule has 2 aliphatic rings. The molecule has 2 fully saturated rings. The topological polar surface area (TPSA) is 76.9 Å². The molecule has 0 spiro atoms. The van der Waals surface area contributed by atoms with Crippen LogP contribution in [-0.4, -0.2) is 76.7 Å². The second-order valence-electron chi connectivity index (χ2n) is 8.03. The van der Waals surface area contributed by atoms with Crippen LogP contribution in [0.25, 0.3) is 0 Å². The molecule has 0 radical (unpaired) electrons. The SMILES string of the molecule is Cn1cnc(C(=O)N2CC[C@H](Oc3ccc(Cl)cc3)[C@@H](CC(=O)N3CCOCC3)C2)c1. The molecule has 0 saturated carbocycles. The summed E-state index contributed by atoms with van der Waals surface area (Å²) in [6.07, 6.45) is 4.13. The molecular weight excluding hydrogens is 420 g/mol. The van der Waals surface area contributed by atoms with Crippen LogP contribution in [0.5, 0.6) is 5.75 Å². The molecule has 2 amide bonds. The van der Waals surface area contributed by atoms with Gasteiger partial charge in [-0.25, -0.2) is 4.98 Å². The fourth-order valence-corrected chi connectivity index (χ4v) is 4.21. The molecule has 9 heteroatoms. The van der Waals surface area contributed by atoms with Crippen LogP contribution in [0.4, 0.5) is 0 Å². The molecule has 1 aromatic heterocycles. The van der Waals surface area contributed by atoms with Crippen LogP contribution in [-0.2, 0) is 16.6 Å². The van der Waals surface area contributed by atoms with Crippen molar-refractivity contribution in [2.75, 3.05) is 39.4 Å². The minimum atomic E-state index is -0.168. The highest BCUT2D eigenvalue weighted by Crippen LogP contribution is 2.28. The normalized spacial score (nSPS) is 21.7. The molecule has 4 rings (SSSR count). The Balaban J connectivity index is 1.48. The van der Waals surface area contributed by atoms with Crippen molar-refractivity contribution in [2.24, 2.45) is 13.0 Å². The predicted molar refractivity (Wildman–Crippen MR) is 115 cm³/mol. The van der Waals surface area contributed by atoms with Gasteiger partial charge >= 0.3 is 0 Å². The molecule has 0 aliphatic carbocycles. The zero-order chi connectivity index (χ0) is 21.8. The highest BCUT2D eigenvalue weighted by Gasteiger charge is 2.36. The highest BCUT2D eigenvalue weighted by atomic mass is 35.5. The van der Waals surface area contributed by atoms with E-state index in [0.717, 1.165) is 0 Å². The largest absolute Gasteiger partial charge is 0.490 e. The van der Waals surface area contributed by atoms with E-state index in [1.165, 1.54) is 0 Å². The van der Waals surface area contributed by atoms with Gasteiger partial charge in [-0.1, -0.05) is 11.6 Å². The quantitative estimate of drug-likeness (QED) is 0.704. The number of piperidine rings is 1. The van der Waals surface area contributed by atoms with E-state index in [1.807, 2.05) is 24.1 Å². The van der Waals surface area contributed by atoms with E-state index in [0.29, 0.717) is 68.7 Å². The molecular formula is C22H27ClN4O4. The first kappa shape index (κ1) is 21.6. The molecule has 2 aliphatic heterocycles. The van der Waals surface area contributed by atoms with Gasteiger partial charge in [0.05, 0.1) is 19.5 Å². The number of hydrogen-bond donors (Lipinski definition) is 0. The van der Waals surface area contributed by atoms with Crippen LogP contribution < -0.4 is 4.74 Å². The van der Waals surface area contributed by atoms with Crippen LogP contribution >= 0.6 is 11.6 Å². The van der Waals surface area contributed by atoms with E-state index >= 15 is 0 Å². The lowest BCUT2D eigenvalue weighted by molar-refractivity contribution is -0.137. The Morgan fingerprint density at radius 1 is 1.16 bits per heavy atom. The van der Waals surface area contributed by atoms with Gasteiger partial charge in [0.15, 0.2) is 0 Å². The summed E-state index contributed by atoms with van der Waals surface area (Å²) in [7, 11) is 1.83. The van der Waals surface area contributed by atoms with Gasteiger partial charge in [0.25, 0.3) is 5.91 Å². The lowest BCUT2D eigenvalue weighted by Gasteiger charge is -2.39. The van der Waals surface area contributed by atoms with Crippen LogP contribution in [0.1, 0.15) is 23.3 Å². The molecule has 2 atom stereocenters. The number of carbonyl (C=O) groups is 2. The first-order chi connectivity index (χ1) is 15.0. The number of aryl methyl sites for hydroxylation is 1. The molecule has 0 bridgehead atoms. The summed E-state index contributed by atoms with van der Waals surface area (Å²) >= 11 is 5.98. The molecule has 2 aromatic rings. The van der Waals surface area contributed by atoms with Gasteiger partial charge in [0, 0.05) is 63.2 Å². The lowest BCUT2D eigenvalue weighted by Crippen LogP contribution is -2.50. The smallest absolute Gasteiger partial charge is 0.274 e. The summed E-state index contributed by atoms with van der Waals surface area (Å²) in [6, 6.07) is 7.22. The summed E-state index contributed by atoms with van der Waals surface area (Å²) in [5, 5.41) is 0.641. The second-order valence-corrected chi connectivity index (χ2v) is 8.47. The molecule has 0 N–H and O–H groups in total. The monoisotopic (exact) mass is 446 g/mol. The summed E-state index contributed by atoms with van der Waals surface area (Å²) in [4.78, 5) is 33.7. The van der Waals surface area contributed by atoms with Crippen molar-refractivity contribution in [1.82, 2.24) is 19.4 Å². The number of nitrogens with zero attached hydrogens (tertiary/aromatic N) is 4. The van der Waals surface area contributed by atoms with Crippen molar-refractivity contribution >= 4 is 23.4 Å². The van der Waals surface area contributed by atoms with E-state index in [2.05, 4.69) is 4.98 Å². The average Bonchev–Trinajstić information content (AvgIpc) is 3.22. The van der Waals surface area contributed by atoms with Gasteiger partial charge in [-0.05, 0) is 24.3 Å². The average molecular weight is 447 g/mol. The Hall–Kier alpha value is -2.58. The molecule has 1 aromatic carbocycles. The van der Waals surface area contributed by atoms with Crippen LogP contribution in [0.2, 0.25) is 5.02 Å². The molecule has 8 nitrogen and oxygen atoms in total. The fourth-order valence-electron chi connectivity index (χ4n) is 4.09. The van der Waals surface area contributed by atoms with Gasteiger partial charge in [-0.2, -0.15) is 0 Å². The maximum atomic E-state index is 12.9. The summed E-state index contributed by atoms with van der Waals surface area (Å²) in [5.41, 5.74) is 0.415. The van der Waals surface area contributed by atoms with Gasteiger partial charge in [-0.3, -0.25) is 9.59 Å². The zero-order valence-corrected chi connectivity index (χ0v) is 18.3. The highest BCUT2D eigenvalue weighted by molar-refractivity contribution is 6.30. The van der Waals surface area contributed by atoms with Crippen molar-refractivity contribution in [2.45, 2.75) is 18.9 Å². The third-order valence-electron chi connectivity index (χ3n) is 5.78. The van der Waals surface area contributed by atoms with Crippen molar-refractivity contribution < 1.29 is 19.1 Å². The Kier molecular flexibility index (Phi) is 6.77. The number of hydrogen-bond acceptors (Lipinski definition) is 5. The van der Waals surface area contributed by atoms with E-state index in [-0.39, 0.29) is 23.8 Å². The number of carbonyl (C=O) groups excluding carboxylic acids is 2. The second kappa shape index (κ2) is 9.70. The summed E-state index contributed by atoms with van der Waals surface area (Å²) < 4.78 is 13.3. The lowest BCUT2D eigenvalue weighted by atomic mass is 9.90. The minimum absolute atomic E-state index is 0.0742. The third kappa shape index (κ3) is 5.37. The number of imidazole rings is 1. The van der Waals surface area contributed by atoms with Gasteiger partial charge in [0.1, 0.15) is 17.5 Å². The van der Waals surface area contributed by atoms with E-state index < -0.39 is 0 Å². The van der Waals surface area contributed by atoms with Gasteiger partial charge in [0.2, 0.25) is 5.91 Å². The Labute approximate surface area is 186 Å². The van der Waals surface area contributed by atoms with Crippen LogP contribution in [0.3, 0.4) is 0 Å². The van der Waals surface area contributed by atoms with Gasteiger partial charge in [-0.15, -0.1) is 0 Å². The third-order valence-corrected chi connectivity index (χ3v) is 6.03. The minimum Gasteiger partial charge on any atom is -0.490 e. The Morgan fingerprint density at radius 3 is 2.58 bits per heavy atom. The molecule has 166 valence electrons. The molecule has 0 unspecified atom stereocenters. The Bertz CT molecular complexity index is 910. The maximum Gasteiger partial charge on any atom is 0.274 e. The number of aromatic nitrogens is 2. The van der Waals surface area contributed by atoms with E-state index in [4.69, 9.17) is 21.1 Å². The zero-order valence-electron chi connectivity index (χ0n) is 17.6. The standard InChI is InChI=1S/C22H27ClN4O4/c1-25-14-19(24-15-25)22(29)27-7-6-20(31-18-4-2-17(23)3-5-18)16(13-27)12-21(28)26-8-10-30-11-9-26/h2-5,14-16,20H,6-13H2,1H3/t16-,20-/m0/s1.